The molecule has 0 aliphatic carbocycles. The van der Waals surface area contributed by atoms with Crippen LogP contribution in [0.4, 0.5) is 14.5 Å². The Hall–Kier alpha value is -1.45. The fourth-order valence-electron chi connectivity index (χ4n) is 1.20. The van der Waals surface area contributed by atoms with Gasteiger partial charge in [0.2, 0.25) is 5.91 Å². The molecular formula is C11H13F2NO. The number of amides is 1. The van der Waals surface area contributed by atoms with Gasteiger partial charge in [-0.05, 0) is 12.1 Å². The van der Waals surface area contributed by atoms with Crippen LogP contribution >= 0.6 is 0 Å². The second kappa shape index (κ2) is 4.38. The number of anilines is 1. The summed E-state index contributed by atoms with van der Waals surface area (Å²) in [4.78, 5) is 10.7. The maximum Gasteiger partial charge on any atom is 0.273 e. The molecule has 82 valence electrons. The highest BCUT2D eigenvalue weighted by molar-refractivity contribution is 5.88. The van der Waals surface area contributed by atoms with E-state index in [0.29, 0.717) is 5.69 Å². The van der Waals surface area contributed by atoms with Gasteiger partial charge in [0.1, 0.15) is 0 Å². The number of hydrogen-bond acceptors (Lipinski definition) is 1. The van der Waals surface area contributed by atoms with Crippen LogP contribution in [0.2, 0.25) is 0 Å². The number of benzene rings is 1. The summed E-state index contributed by atoms with van der Waals surface area (Å²) in [5.74, 6) is -3.01. The van der Waals surface area contributed by atoms with Crippen LogP contribution in [0, 0.1) is 0 Å². The molecule has 0 aromatic heterocycles. The minimum Gasteiger partial charge on any atom is -0.326 e. The molecule has 0 atom stereocenters. The van der Waals surface area contributed by atoms with E-state index in [1.807, 2.05) is 0 Å². The van der Waals surface area contributed by atoms with E-state index < -0.39 is 5.92 Å². The molecule has 0 aliphatic heterocycles. The standard InChI is InChI=1S/C11H13F2NO/c1-3-11(12,13)9-4-6-10(7-5-9)14-8(2)15/h4-7H,3H2,1-2H3,(H,14,15). The lowest BCUT2D eigenvalue weighted by Gasteiger charge is -2.14. The first-order valence-electron chi connectivity index (χ1n) is 4.71. The van der Waals surface area contributed by atoms with Crippen LogP contribution < -0.4 is 5.32 Å². The second-order valence-corrected chi connectivity index (χ2v) is 3.32. The van der Waals surface area contributed by atoms with Crippen molar-refractivity contribution in [2.45, 2.75) is 26.2 Å². The molecular weight excluding hydrogens is 200 g/mol. The van der Waals surface area contributed by atoms with Gasteiger partial charge in [-0.1, -0.05) is 19.1 Å². The van der Waals surface area contributed by atoms with Gasteiger partial charge in [0.05, 0.1) is 0 Å². The lowest BCUT2D eigenvalue weighted by molar-refractivity contribution is -0.114. The van der Waals surface area contributed by atoms with E-state index in [1.54, 1.807) is 0 Å². The number of rotatable bonds is 3. The van der Waals surface area contributed by atoms with Crippen molar-refractivity contribution in [2.75, 3.05) is 5.32 Å². The molecule has 4 heteroatoms. The number of hydrogen-bond donors (Lipinski definition) is 1. The average Bonchev–Trinajstić information content (AvgIpc) is 2.18. The Labute approximate surface area is 87.3 Å². The number of carbonyl (C=O) groups is 1. The zero-order valence-electron chi connectivity index (χ0n) is 8.68. The summed E-state index contributed by atoms with van der Waals surface area (Å²) in [6.45, 7) is 2.80. The molecule has 15 heavy (non-hydrogen) atoms. The van der Waals surface area contributed by atoms with Crippen LogP contribution in [0.15, 0.2) is 24.3 Å². The zero-order chi connectivity index (χ0) is 11.5. The molecule has 1 rings (SSSR count). The van der Waals surface area contributed by atoms with E-state index in [1.165, 1.54) is 38.1 Å². The average molecular weight is 213 g/mol. The highest BCUT2D eigenvalue weighted by Crippen LogP contribution is 2.31. The van der Waals surface area contributed by atoms with Crippen LogP contribution in [0.3, 0.4) is 0 Å². The molecule has 1 aromatic rings. The Kier molecular flexibility index (Phi) is 3.39. The van der Waals surface area contributed by atoms with Crippen molar-refractivity contribution in [2.24, 2.45) is 0 Å². The van der Waals surface area contributed by atoms with E-state index in [4.69, 9.17) is 0 Å². The molecule has 0 saturated heterocycles. The maximum absolute atomic E-state index is 13.2. The first kappa shape index (κ1) is 11.6. The Balaban J connectivity index is 2.85. The van der Waals surface area contributed by atoms with Crippen molar-refractivity contribution < 1.29 is 13.6 Å². The topological polar surface area (TPSA) is 29.1 Å². The molecule has 0 fully saturated rings. The Morgan fingerprint density at radius 2 is 1.87 bits per heavy atom. The normalized spacial score (nSPS) is 11.2. The fraction of sp³-hybridized carbons (Fsp3) is 0.364. The van der Waals surface area contributed by atoms with E-state index in [9.17, 15) is 13.6 Å². The SMILES string of the molecule is CCC(F)(F)c1ccc(NC(C)=O)cc1. The van der Waals surface area contributed by atoms with Crippen molar-refractivity contribution in [3.05, 3.63) is 29.8 Å². The first-order chi connectivity index (χ1) is 6.95. The molecule has 0 aliphatic rings. The van der Waals surface area contributed by atoms with Gasteiger partial charge >= 0.3 is 0 Å². The smallest absolute Gasteiger partial charge is 0.273 e. The summed E-state index contributed by atoms with van der Waals surface area (Å²) in [5.41, 5.74) is 0.497. The molecule has 2 nitrogen and oxygen atoms in total. The summed E-state index contributed by atoms with van der Waals surface area (Å²) < 4.78 is 26.4. The Morgan fingerprint density at radius 3 is 2.27 bits per heavy atom. The number of alkyl halides is 2. The summed E-state index contributed by atoms with van der Waals surface area (Å²) in [7, 11) is 0. The molecule has 0 saturated carbocycles. The van der Waals surface area contributed by atoms with Crippen molar-refractivity contribution in [1.82, 2.24) is 0 Å². The van der Waals surface area contributed by atoms with Gasteiger partial charge in [-0.3, -0.25) is 4.79 Å². The van der Waals surface area contributed by atoms with Crippen molar-refractivity contribution >= 4 is 11.6 Å². The zero-order valence-corrected chi connectivity index (χ0v) is 8.68. The largest absolute Gasteiger partial charge is 0.326 e. The summed E-state index contributed by atoms with van der Waals surface area (Å²) in [5, 5.41) is 2.52. The van der Waals surface area contributed by atoms with E-state index in [-0.39, 0.29) is 17.9 Å². The number of halogens is 2. The molecule has 0 bridgehead atoms. The van der Waals surface area contributed by atoms with E-state index in [2.05, 4.69) is 5.32 Å². The molecule has 1 aromatic carbocycles. The van der Waals surface area contributed by atoms with Gasteiger partial charge in [-0.2, -0.15) is 0 Å². The van der Waals surface area contributed by atoms with E-state index >= 15 is 0 Å². The Morgan fingerprint density at radius 1 is 1.33 bits per heavy atom. The minimum atomic E-state index is -2.80. The molecule has 0 heterocycles. The summed E-state index contributed by atoms with van der Waals surface area (Å²) >= 11 is 0. The quantitative estimate of drug-likeness (QED) is 0.821. The van der Waals surface area contributed by atoms with Crippen LogP contribution in [-0.4, -0.2) is 5.91 Å². The third kappa shape index (κ3) is 3.01. The van der Waals surface area contributed by atoms with Crippen molar-refractivity contribution in [3.63, 3.8) is 0 Å². The maximum atomic E-state index is 13.2. The summed E-state index contributed by atoms with van der Waals surface area (Å²) in [6, 6.07) is 5.60. The molecule has 0 radical (unpaired) electrons. The van der Waals surface area contributed by atoms with Gasteiger partial charge in [-0.25, -0.2) is 8.78 Å². The third-order valence-corrected chi connectivity index (χ3v) is 2.07. The van der Waals surface area contributed by atoms with Crippen LogP contribution in [-0.2, 0) is 10.7 Å². The Bertz CT molecular complexity index is 346. The number of carbonyl (C=O) groups excluding carboxylic acids is 1. The molecule has 0 spiro atoms. The van der Waals surface area contributed by atoms with Gasteiger partial charge < -0.3 is 5.32 Å². The van der Waals surface area contributed by atoms with Crippen LogP contribution in [0.1, 0.15) is 25.8 Å². The predicted molar refractivity (Wildman–Crippen MR) is 54.9 cm³/mol. The minimum absolute atomic E-state index is 0.0286. The number of nitrogens with one attached hydrogen (secondary N) is 1. The highest BCUT2D eigenvalue weighted by atomic mass is 19.3. The summed E-state index contributed by atoms with van der Waals surface area (Å²) in [6.07, 6.45) is -0.230. The molecule has 1 amide bonds. The van der Waals surface area contributed by atoms with Gasteiger partial charge in [0, 0.05) is 24.6 Å². The van der Waals surface area contributed by atoms with Gasteiger partial charge in [0.25, 0.3) is 5.92 Å². The fourth-order valence-corrected chi connectivity index (χ4v) is 1.20. The van der Waals surface area contributed by atoms with Gasteiger partial charge in [0.15, 0.2) is 0 Å². The first-order valence-corrected chi connectivity index (χ1v) is 4.71. The second-order valence-electron chi connectivity index (χ2n) is 3.32. The monoisotopic (exact) mass is 213 g/mol. The van der Waals surface area contributed by atoms with Crippen LogP contribution in [0.5, 0.6) is 0 Å². The molecule has 1 N–H and O–H groups in total. The highest BCUT2D eigenvalue weighted by Gasteiger charge is 2.28. The molecule has 0 unspecified atom stereocenters. The van der Waals surface area contributed by atoms with Crippen LogP contribution in [0.25, 0.3) is 0 Å². The van der Waals surface area contributed by atoms with Crippen molar-refractivity contribution in [3.8, 4) is 0 Å². The van der Waals surface area contributed by atoms with Crippen molar-refractivity contribution in [1.29, 1.82) is 0 Å². The van der Waals surface area contributed by atoms with E-state index in [0.717, 1.165) is 0 Å². The van der Waals surface area contributed by atoms with Gasteiger partial charge in [-0.15, -0.1) is 0 Å². The third-order valence-electron chi connectivity index (χ3n) is 2.07. The lowest BCUT2D eigenvalue weighted by atomic mass is 10.1. The predicted octanol–water partition coefficient (Wildman–Crippen LogP) is 3.15. The lowest BCUT2D eigenvalue weighted by Crippen LogP contribution is -2.12.